The minimum Gasteiger partial charge on any atom is -0.357 e. The molecule has 1 saturated heterocycles. The van der Waals surface area contributed by atoms with Crippen LogP contribution in [0.15, 0.2) is 35.3 Å². The standard InChI is InChI=1S/C20H31N5/c1-16-8-12-25(13-9-16)11-5-10-22-20(21-2)23-15-18-14-17-6-3-4-7-19(17)24-18/h3-4,6-7,14,16,24H,5,8-13,15H2,1-2H3,(H2,21,22,23). The summed E-state index contributed by atoms with van der Waals surface area (Å²) in [5, 5.41) is 8.05. The Labute approximate surface area is 150 Å². The van der Waals surface area contributed by atoms with Crippen LogP contribution >= 0.6 is 0 Å². The van der Waals surface area contributed by atoms with Crippen LogP contribution in [0.4, 0.5) is 0 Å². The number of aromatic amines is 1. The molecule has 0 saturated carbocycles. The second-order valence-corrected chi connectivity index (χ2v) is 7.11. The van der Waals surface area contributed by atoms with E-state index in [0.29, 0.717) is 0 Å². The molecule has 3 rings (SSSR count). The predicted octanol–water partition coefficient (Wildman–Crippen LogP) is 2.95. The highest BCUT2D eigenvalue weighted by Gasteiger charge is 2.14. The Kier molecular flexibility index (Phi) is 6.34. The highest BCUT2D eigenvalue weighted by Crippen LogP contribution is 2.16. The second kappa shape index (κ2) is 8.90. The van der Waals surface area contributed by atoms with Gasteiger partial charge in [0.05, 0.1) is 6.54 Å². The van der Waals surface area contributed by atoms with E-state index < -0.39 is 0 Å². The van der Waals surface area contributed by atoms with E-state index in [1.165, 1.54) is 49.1 Å². The fraction of sp³-hybridized carbons (Fsp3) is 0.550. The van der Waals surface area contributed by atoms with Crippen LogP contribution in [-0.4, -0.2) is 49.1 Å². The topological polar surface area (TPSA) is 55.5 Å². The third kappa shape index (κ3) is 5.23. The maximum atomic E-state index is 4.32. The van der Waals surface area contributed by atoms with Gasteiger partial charge >= 0.3 is 0 Å². The van der Waals surface area contributed by atoms with Gasteiger partial charge in [0.25, 0.3) is 0 Å². The lowest BCUT2D eigenvalue weighted by molar-refractivity contribution is 0.191. The fourth-order valence-electron chi connectivity index (χ4n) is 3.42. The van der Waals surface area contributed by atoms with Crippen molar-refractivity contribution in [1.29, 1.82) is 0 Å². The number of aliphatic imine (C=N–C) groups is 1. The molecule has 0 spiro atoms. The van der Waals surface area contributed by atoms with Gasteiger partial charge in [0.15, 0.2) is 5.96 Å². The van der Waals surface area contributed by atoms with Crippen molar-refractivity contribution in [3.63, 3.8) is 0 Å². The zero-order valence-corrected chi connectivity index (χ0v) is 15.5. The maximum Gasteiger partial charge on any atom is 0.191 e. The number of piperidine rings is 1. The number of aromatic nitrogens is 1. The van der Waals surface area contributed by atoms with Crippen molar-refractivity contribution in [3.05, 3.63) is 36.0 Å². The van der Waals surface area contributed by atoms with Gasteiger partial charge in [-0.05, 0) is 62.3 Å². The minimum atomic E-state index is 0.748. The number of guanidine groups is 1. The van der Waals surface area contributed by atoms with Gasteiger partial charge in [-0.25, -0.2) is 0 Å². The number of para-hydroxylation sites is 1. The number of nitrogens with one attached hydrogen (secondary N) is 3. The van der Waals surface area contributed by atoms with E-state index in [9.17, 15) is 0 Å². The lowest BCUT2D eigenvalue weighted by atomic mass is 9.99. The lowest BCUT2D eigenvalue weighted by Crippen LogP contribution is -2.39. The molecule has 5 nitrogen and oxygen atoms in total. The first-order valence-electron chi connectivity index (χ1n) is 9.48. The first-order valence-corrected chi connectivity index (χ1v) is 9.48. The van der Waals surface area contributed by atoms with Crippen LogP contribution in [0.25, 0.3) is 10.9 Å². The molecule has 2 aromatic rings. The number of benzene rings is 1. The average molecular weight is 342 g/mol. The van der Waals surface area contributed by atoms with E-state index in [0.717, 1.165) is 31.4 Å². The molecule has 2 heterocycles. The number of rotatable bonds is 6. The summed E-state index contributed by atoms with van der Waals surface area (Å²) in [6.45, 7) is 7.76. The number of hydrogen-bond donors (Lipinski definition) is 3. The predicted molar refractivity (Wildman–Crippen MR) is 106 cm³/mol. The molecule has 1 aliphatic heterocycles. The van der Waals surface area contributed by atoms with Crippen molar-refractivity contribution in [1.82, 2.24) is 20.5 Å². The molecule has 3 N–H and O–H groups in total. The highest BCUT2D eigenvalue weighted by atomic mass is 15.2. The van der Waals surface area contributed by atoms with Gasteiger partial charge < -0.3 is 20.5 Å². The molecule has 0 amide bonds. The SMILES string of the molecule is CN=C(NCCCN1CCC(C)CC1)NCc1cc2ccccc2[nH]1. The van der Waals surface area contributed by atoms with Crippen molar-refractivity contribution in [2.45, 2.75) is 32.7 Å². The van der Waals surface area contributed by atoms with E-state index >= 15 is 0 Å². The van der Waals surface area contributed by atoms with E-state index in [-0.39, 0.29) is 0 Å². The molecule has 1 aromatic heterocycles. The van der Waals surface area contributed by atoms with Crippen LogP contribution in [0.5, 0.6) is 0 Å². The largest absolute Gasteiger partial charge is 0.357 e. The normalized spacial score (nSPS) is 17.1. The smallest absolute Gasteiger partial charge is 0.191 e. The van der Waals surface area contributed by atoms with Gasteiger partial charge in [0.1, 0.15) is 0 Å². The summed E-state index contributed by atoms with van der Waals surface area (Å²) in [6.07, 6.45) is 3.85. The van der Waals surface area contributed by atoms with Crippen LogP contribution in [0.1, 0.15) is 31.9 Å². The van der Waals surface area contributed by atoms with Crippen molar-refractivity contribution >= 4 is 16.9 Å². The molecule has 0 unspecified atom stereocenters. The average Bonchev–Trinajstić information content (AvgIpc) is 3.05. The molecule has 0 aliphatic carbocycles. The van der Waals surface area contributed by atoms with Gasteiger partial charge in [-0.15, -0.1) is 0 Å². The summed E-state index contributed by atoms with van der Waals surface area (Å²) >= 11 is 0. The Morgan fingerprint density at radius 1 is 1.24 bits per heavy atom. The van der Waals surface area contributed by atoms with Crippen LogP contribution in [-0.2, 0) is 6.54 Å². The van der Waals surface area contributed by atoms with Crippen LogP contribution < -0.4 is 10.6 Å². The van der Waals surface area contributed by atoms with Gasteiger partial charge in [-0.2, -0.15) is 0 Å². The zero-order valence-electron chi connectivity index (χ0n) is 15.5. The molecule has 1 aromatic carbocycles. The Balaban J connectivity index is 1.36. The third-order valence-electron chi connectivity index (χ3n) is 5.08. The molecule has 5 heteroatoms. The van der Waals surface area contributed by atoms with Gasteiger partial charge in [-0.3, -0.25) is 4.99 Å². The van der Waals surface area contributed by atoms with Gasteiger partial charge in [0, 0.05) is 24.8 Å². The number of fused-ring (bicyclic) bond motifs is 1. The molecule has 0 bridgehead atoms. The van der Waals surface area contributed by atoms with Crippen LogP contribution in [0.3, 0.4) is 0 Å². The first-order chi connectivity index (χ1) is 12.2. The van der Waals surface area contributed by atoms with Crippen molar-refractivity contribution in [2.24, 2.45) is 10.9 Å². The van der Waals surface area contributed by atoms with Crippen LogP contribution in [0.2, 0.25) is 0 Å². The Morgan fingerprint density at radius 2 is 2.04 bits per heavy atom. The van der Waals surface area contributed by atoms with Crippen molar-refractivity contribution < 1.29 is 0 Å². The molecule has 1 aliphatic rings. The summed E-state index contributed by atoms with van der Waals surface area (Å²) in [5.74, 6) is 1.77. The lowest BCUT2D eigenvalue weighted by Gasteiger charge is -2.30. The van der Waals surface area contributed by atoms with Crippen LogP contribution in [0, 0.1) is 5.92 Å². The maximum absolute atomic E-state index is 4.32. The summed E-state index contributed by atoms with van der Waals surface area (Å²) in [7, 11) is 1.83. The van der Waals surface area contributed by atoms with E-state index in [2.05, 4.69) is 62.8 Å². The van der Waals surface area contributed by atoms with Gasteiger partial charge in [-0.1, -0.05) is 25.1 Å². The third-order valence-corrected chi connectivity index (χ3v) is 5.08. The Hall–Kier alpha value is -2.01. The van der Waals surface area contributed by atoms with E-state index in [1.807, 2.05) is 7.05 Å². The molecular weight excluding hydrogens is 310 g/mol. The number of nitrogens with zero attached hydrogens (tertiary/aromatic N) is 2. The monoisotopic (exact) mass is 341 g/mol. The summed E-state index contributed by atoms with van der Waals surface area (Å²) in [6, 6.07) is 10.5. The Bertz CT molecular complexity index is 649. The van der Waals surface area contributed by atoms with Crippen molar-refractivity contribution in [3.8, 4) is 0 Å². The zero-order chi connectivity index (χ0) is 17.5. The van der Waals surface area contributed by atoms with E-state index in [1.54, 1.807) is 0 Å². The van der Waals surface area contributed by atoms with Crippen molar-refractivity contribution in [2.75, 3.05) is 33.2 Å². The number of H-pyrrole nitrogens is 1. The fourth-order valence-corrected chi connectivity index (χ4v) is 3.42. The summed E-state index contributed by atoms with van der Waals surface area (Å²) in [4.78, 5) is 10.3. The highest BCUT2D eigenvalue weighted by molar-refractivity contribution is 5.81. The summed E-state index contributed by atoms with van der Waals surface area (Å²) < 4.78 is 0. The molecular formula is C20H31N5. The number of hydrogen-bond acceptors (Lipinski definition) is 2. The number of likely N-dealkylation sites (tertiary alicyclic amines) is 1. The molecule has 0 radical (unpaired) electrons. The van der Waals surface area contributed by atoms with E-state index in [4.69, 9.17) is 0 Å². The minimum absolute atomic E-state index is 0.748. The second-order valence-electron chi connectivity index (χ2n) is 7.11. The molecule has 0 atom stereocenters. The molecule has 25 heavy (non-hydrogen) atoms. The summed E-state index contributed by atoms with van der Waals surface area (Å²) in [5.41, 5.74) is 2.35. The Morgan fingerprint density at radius 3 is 2.80 bits per heavy atom. The van der Waals surface area contributed by atoms with Gasteiger partial charge in [0.2, 0.25) is 0 Å². The molecule has 1 fully saturated rings. The first kappa shape index (κ1) is 17.8. The molecule has 136 valence electrons. The quantitative estimate of drug-likeness (QED) is 0.430.